The van der Waals surface area contributed by atoms with Gasteiger partial charge >= 0.3 is 6.03 Å². The topological polar surface area (TPSA) is 93.0 Å². The number of fused-ring (bicyclic) bond motifs is 4. The molecule has 0 radical (unpaired) electrons. The van der Waals surface area contributed by atoms with Crippen LogP contribution in [0.3, 0.4) is 0 Å². The van der Waals surface area contributed by atoms with Gasteiger partial charge < -0.3 is 25.5 Å². The molecule has 0 atom stereocenters. The third-order valence-corrected chi connectivity index (χ3v) is 5.96. The SMILES string of the molecule is O=C(CNC(=O)N1CCc2c([nH]c3ccccc23)C1)NCCc1c[nH]c2ccccc12. The lowest BCUT2D eigenvalue weighted by Crippen LogP contribution is -2.46. The Labute approximate surface area is 179 Å². The van der Waals surface area contributed by atoms with E-state index in [4.69, 9.17) is 0 Å². The summed E-state index contributed by atoms with van der Waals surface area (Å²) >= 11 is 0. The quantitative estimate of drug-likeness (QED) is 0.403. The molecule has 1 aliphatic rings. The molecular formula is C24H25N5O2. The molecule has 7 nitrogen and oxygen atoms in total. The third-order valence-electron chi connectivity index (χ3n) is 5.96. The van der Waals surface area contributed by atoms with E-state index >= 15 is 0 Å². The van der Waals surface area contributed by atoms with E-state index in [1.165, 1.54) is 21.9 Å². The molecule has 0 aliphatic carbocycles. The summed E-state index contributed by atoms with van der Waals surface area (Å²) in [5.74, 6) is -0.184. The van der Waals surface area contributed by atoms with Crippen molar-refractivity contribution in [1.82, 2.24) is 25.5 Å². The van der Waals surface area contributed by atoms with Gasteiger partial charge in [0.1, 0.15) is 0 Å². The van der Waals surface area contributed by atoms with Crippen molar-refractivity contribution in [2.75, 3.05) is 19.6 Å². The van der Waals surface area contributed by atoms with E-state index < -0.39 is 0 Å². The standard InChI is InChI=1S/C24H25N5O2/c30-23(25-11-9-16-13-26-20-7-3-1-5-17(16)20)14-27-24(31)29-12-10-19-18-6-2-4-8-21(18)28-22(19)15-29/h1-8,13,26,28H,9-12,14-15H2,(H,25,30)(H,27,31). The molecule has 2 aromatic heterocycles. The highest BCUT2D eigenvalue weighted by Crippen LogP contribution is 2.27. The fourth-order valence-electron chi connectivity index (χ4n) is 4.37. The Balaban J connectivity index is 1.10. The second-order valence-electron chi connectivity index (χ2n) is 7.92. The smallest absolute Gasteiger partial charge is 0.318 e. The molecule has 3 amide bonds. The summed E-state index contributed by atoms with van der Waals surface area (Å²) in [6, 6.07) is 16.1. The lowest BCUT2D eigenvalue weighted by atomic mass is 10.0. The number of aromatic nitrogens is 2. The zero-order valence-corrected chi connectivity index (χ0v) is 17.2. The highest BCUT2D eigenvalue weighted by atomic mass is 16.2. The first kappa shape index (κ1) is 19.2. The van der Waals surface area contributed by atoms with Gasteiger partial charge in [0.25, 0.3) is 0 Å². The molecule has 7 heteroatoms. The number of hydrogen-bond acceptors (Lipinski definition) is 2. The minimum atomic E-state index is -0.212. The van der Waals surface area contributed by atoms with Crippen LogP contribution in [0.2, 0.25) is 0 Å². The first-order valence-corrected chi connectivity index (χ1v) is 10.6. The van der Waals surface area contributed by atoms with Gasteiger partial charge in [-0.1, -0.05) is 36.4 Å². The van der Waals surface area contributed by atoms with Gasteiger partial charge in [-0.05, 0) is 36.1 Å². The molecule has 4 aromatic rings. The Hall–Kier alpha value is -3.74. The van der Waals surface area contributed by atoms with Gasteiger partial charge in [0, 0.05) is 46.8 Å². The van der Waals surface area contributed by atoms with Gasteiger partial charge in [0.2, 0.25) is 5.91 Å². The average molecular weight is 415 g/mol. The zero-order valence-electron chi connectivity index (χ0n) is 17.2. The number of rotatable bonds is 5. The molecule has 0 saturated carbocycles. The number of aromatic amines is 2. The van der Waals surface area contributed by atoms with Crippen LogP contribution in [0, 0.1) is 0 Å². The maximum atomic E-state index is 12.6. The van der Waals surface area contributed by atoms with Gasteiger partial charge in [-0.15, -0.1) is 0 Å². The normalized spacial score (nSPS) is 13.4. The predicted octanol–water partition coefficient (Wildman–Crippen LogP) is 3.08. The van der Waals surface area contributed by atoms with Crippen LogP contribution in [0.15, 0.2) is 54.7 Å². The number of nitrogens with zero attached hydrogens (tertiary/aromatic N) is 1. The molecule has 0 fully saturated rings. The van der Waals surface area contributed by atoms with Crippen LogP contribution in [-0.2, 0) is 24.2 Å². The van der Waals surface area contributed by atoms with Crippen LogP contribution in [0.5, 0.6) is 0 Å². The van der Waals surface area contributed by atoms with E-state index in [1.807, 2.05) is 36.5 Å². The van der Waals surface area contributed by atoms with E-state index in [9.17, 15) is 9.59 Å². The summed E-state index contributed by atoms with van der Waals surface area (Å²) in [4.78, 5) is 33.1. The van der Waals surface area contributed by atoms with Crippen molar-refractivity contribution in [3.05, 3.63) is 71.5 Å². The van der Waals surface area contributed by atoms with Crippen LogP contribution in [0.1, 0.15) is 16.8 Å². The number of para-hydroxylation sites is 2. The number of benzene rings is 2. The van der Waals surface area contributed by atoms with Gasteiger partial charge in [-0.25, -0.2) is 4.79 Å². The van der Waals surface area contributed by atoms with Crippen LogP contribution in [0.4, 0.5) is 4.79 Å². The maximum Gasteiger partial charge on any atom is 0.318 e. The van der Waals surface area contributed by atoms with Gasteiger partial charge in [-0.3, -0.25) is 4.79 Å². The fraction of sp³-hybridized carbons (Fsp3) is 0.250. The zero-order chi connectivity index (χ0) is 21.2. The second-order valence-corrected chi connectivity index (χ2v) is 7.92. The van der Waals surface area contributed by atoms with Crippen molar-refractivity contribution < 1.29 is 9.59 Å². The Bertz CT molecular complexity index is 1260. The molecule has 0 unspecified atom stereocenters. The monoisotopic (exact) mass is 415 g/mol. The number of amides is 3. The highest BCUT2D eigenvalue weighted by Gasteiger charge is 2.23. The Morgan fingerprint density at radius 3 is 2.61 bits per heavy atom. The van der Waals surface area contributed by atoms with Crippen LogP contribution < -0.4 is 10.6 Å². The molecule has 3 heterocycles. The van der Waals surface area contributed by atoms with E-state index in [2.05, 4.69) is 38.8 Å². The molecule has 0 saturated heterocycles. The summed E-state index contributed by atoms with van der Waals surface area (Å²) in [6.07, 6.45) is 3.52. The third kappa shape index (κ3) is 3.86. The Morgan fingerprint density at radius 2 is 1.74 bits per heavy atom. The number of urea groups is 1. The van der Waals surface area contributed by atoms with Crippen molar-refractivity contribution in [1.29, 1.82) is 0 Å². The number of carbonyl (C=O) groups excluding carboxylic acids is 2. The number of nitrogens with one attached hydrogen (secondary N) is 4. The lowest BCUT2D eigenvalue weighted by molar-refractivity contribution is -0.120. The van der Waals surface area contributed by atoms with Gasteiger partial charge in [0.05, 0.1) is 13.1 Å². The number of hydrogen-bond donors (Lipinski definition) is 4. The second kappa shape index (κ2) is 8.18. The minimum absolute atomic E-state index is 0.0250. The van der Waals surface area contributed by atoms with Crippen molar-refractivity contribution in [2.45, 2.75) is 19.4 Å². The summed E-state index contributed by atoms with van der Waals surface area (Å²) in [6.45, 7) is 1.67. The summed E-state index contributed by atoms with van der Waals surface area (Å²) < 4.78 is 0. The molecule has 1 aliphatic heterocycles. The average Bonchev–Trinajstić information content (AvgIpc) is 3.38. The molecule has 0 spiro atoms. The first-order valence-electron chi connectivity index (χ1n) is 10.6. The van der Waals surface area contributed by atoms with Crippen molar-refractivity contribution in [2.24, 2.45) is 0 Å². The Morgan fingerprint density at radius 1 is 0.968 bits per heavy atom. The molecule has 5 rings (SSSR count). The fourth-order valence-corrected chi connectivity index (χ4v) is 4.37. The molecular weight excluding hydrogens is 390 g/mol. The maximum absolute atomic E-state index is 12.6. The van der Waals surface area contributed by atoms with Crippen LogP contribution >= 0.6 is 0 Å². The molecule has 158 valence electrons. The largest absolute Gasteiger partial charge is 0.361 e. The van der Waals surface area contributed by atoms with Crippen molar-refractivity contribution in [3.63, 3.8) is 0 Å². The molecule has 4 N–H and O–H groups in total. The summed E-state index contributed by atoms with van der Waals surface area (Å²) in [5.41, 5.74) is 5.72. The van der Waals surface area contributed by atoms with E-state index in [0.29, 0.717) is 19.6 Å². The molecule has 2 aromatic carbocycles. The molecule has 0 bridgehead atoms. The van der Waals surface area contributed by atoms with E-state index in [1.54, 1.807) is 4.90 Å². The van der Waals surface area contributed by atoms with Crippen molar-refractivity contribution in [3.8, 4) is 0 Å². The number of carbonyl (C=O) groups is 2. The predicted molar refractivity (Wildman–Crippen MR) is 121 cm³/mol. The molecule has 31 heavy (non-hydrogen) atoms. The van der Waals surface area contributed by atoms with Crippen molar-refractivity contribution >= 4 is 33.7 Å². The lowest BCUT2D eigenvalue weighted by Gasteiger charge is -2.27. The van der Waals surface area contributed by atoms with E-state index in [0.717, 1.165) is 29.6 Å². The van der Waals surface area contributed by atoms with Gasteiger partial charge in [0.15, 0.2) is 0 Å². The first-order chi connectivity index (χ1) is 15.2. The van der Waals surface area contributed by atoms with E-state index in [-0.39, 0.29) is 18.5 Å². The van der Waals surface area contributed by atoms with Gasteiger partial charge in [-0.2, -0.15) is 0 Å². The highest BCUT2D eigenvalue weighted by molar-refractivity contribution is 5.87. The summed E-state index contributed by atoms with van der Waals surface area (Å²) in [5, 5.41) is 8.03. The minimum Gasteiger partial charge on any atom is -0.361 e. The summed E-state index contributed by atoms with van der Waals surface area (Å²) in [7, 11) is 0. The van der Waals surface area contributed by atoms with Crippen LogP contribution in [0.25, 0.3) is 21.8 Å². The number of H-pyrrole nitrogens is 2. The van der Waals surface area contributed by atoms with Crippen LogP contribution in [-0.4, -0.2) is 46.4 Å². The Kier molecular flexibility index (Phi) is 5.08.